The van der Waals surface area contributed by atoms with Crippen LogP contribution in [0, 0.1) is 0 Å². The molecule has 134 valence electrons. The molecule has 1 amide bonds. The fourth-order valence-electron chi connectivity index (χ4n) is 3.32. The number of aryl methyl sites for hydroxylation is 1. The molecule has 0 aliphatic carbocycles. The number of piperidine rings is 1. The number of likely N-dealkylation sites (tertiary alicyclic amines) is 1. The molecule has 1 unspecified atom stereocenters. The van der Waals surface area contributed by atoms with E-state index < -0.39 is 0 Å². The number of rotatable bonds is 5. The summed E-state index contributed by atoms with van der Waals surface area (Å²) in [6.45, 7) is 7.52. The number of pyridine rings is 1. The van der Waals surface area contributed by atoms with Gasteiger partial charge in [0.1, 0.15) is 5.82 Å². The van der Waals surface area contributed by atoms with E-state index in [9.17, 15) is 4.79 Å². The van der Waals surface area contributed by atoms with E-state index in [1.807, 2.05) is 31.1 Å². The molecule has 3 rings (SSSR count). The van der Waals surface area contributed by atoms with Gasteiger partial charge < -0.3 is 14.2 Å². The summed E-state index contributed by atoms with van der Waals surface area (Å²) in [5, 5.41) is 0. The molecule has 0 bridgehead atoms. The summed E-state index contributed by atoms with van der Waals surface area (Å²) < 4.78 is 7.76. The predicted molar refractivity (Wildman–Crippen MR) is 95.8 cm³/mol. The van der Waals surface area contributed by atoms with E-state index in [4.69, 9.17) is 4.74 Å². The lowest BCUT2D eigenvalue weighted by molar-refractivity contribution is 0.0677. The van der Waals surface area contributed by atoms with Crippen molar-refractivity contribution in [3.8, 4) is 5.88 Å². The first-order valence-corrected chi connectivity index (χ1v) is 9.02. The number of imidazole rings is 1. The fourth-order valence-corrected chi connectivity index (χ4v) is 3.32. The Bertz CT molecular complexity index is 708. The second-order valence-electron chi connectivity index (χ2n) is 6.70. The second kappa shape index (κ2) is 7.68. The molecule has 1 aliphatic rings. The summed E-state index contributed by atoms with van der Waals surface area (Å²) in [7, 11) is 0. The Kier molecular flexibility index (Phi) is 5.36. The van der Waals surface area contributed by atoms with E-state index >= 15 is 0 Å². The van der Waals surface area contributed by atoms with E-state index in [1.165, 1.54) is 0 Å². The maximum absolute atomic E-state index is 12.8. The van der Waals surface area contributed by atoms with Gasteiger partial charge in [-0.1, -0.05) is 6.92 Å². The number of hydrogen-bond donors (Lipinski definition) is 0. The molecule has 0 N–H and O–H groups in total. The molecule has 1 saturated heterocycles. The van der Waals surface area contributed by atoms with E-state index in [-0.39, 0.29) is 12.0 Å². The molecule has 1 atom stereocenters. The van der Waals surface area contributed by atoms with Crippen LogP contribution >= 0.6 is 0 Å². The van der Waals surface area contributed by atoms with Crippen molar-refractivity contribution in [2.75, 3.05) is 13.1 Å². The number of carbonyl (C=O) groups is 1. The zero-order valence-corrected chi connectivity index (χ0v) is 15.2. The molecule has 0 saturated carbocycles. The molecule has 1 fully saturated rings. The second-order valence-corrected chi connectivity index (χ2v) is 6.70. The van der Waals surface area contributed by atoms with Crippen LogP contribution in [0.25, 0.3) is 0 Å². The molecule has 0 aromatic carbocycles. The third-order valence-corrected chi connectivity index (χ3v) is 4.48. The average Bonchev–Trinajstić information content (AvgIpc) is 3.10. The van der Waals surface area contributed by atoms with Gasteiger partial charge in [-0.3, -0.25) is 4.79 Å². The number of carbonyl (C=O) groups excluding carboxylic acids is 1. The molecule has 6 nitrogen and oxygen atoms in total. The molecular weight excluding hydrogens is 316 g/mol. The van der Waals surface area contributed by atoms with E-state index in [2.05, 4.69) is 21.5 Å². The van der Waals surface area contributed by atoms with Crippen LogP contribution in [0.3, 0.4) is 0 Å². The van der Waals surface area contributed by atoms with Crippen LogP contribution in [-0.4, -0.2) is 44.5 Å². The summed E-state index contributed by atoms with van der Waals surface area (Å²) in [4.78, 5) is 23.4. The van der Waals surface area contributed by atoms with Gasteiger partial charge in [0.2, 0.25) is 5.88 Å². The maximum atomic E-state index is 12.8. The van der Waals surface area contributed by atoms with Gasteiger partial charge in [-0.15, -0.1) is 0 Å². The molecule has 1 aliphatic heterocycles. The summed E-state index contributed by atoms with van der Waals surface area (Å²) in [5.41, 5.74) is 0.609. The first kappa shape index (κ1) is 17.5. The SMILES string of the molecule is CCc1nccn1C1CCCN(C(=O)c2ccc(OC(C)C)nc2)C1. The van der Waals surface area contributed by atoms with E-state index in [1.54, 1.807) is 18.3 Å². The van der Waals surface area contributed by atoms with Gasteiger partial charge in [0.25, 0.3) is 5.91 Å². The van der Waals surface area contributed by atoms with Gasteiger partial charge in [0, 0.05) is 44.2 Å². The van der Waals surface area contributed by atoms with Crippen molar-refractivity contribution in [1.29, 1.82) is 0 Å². The standard InChI is InChI=1S/C19H26N4O2/c1-4-17-20-9-11-23(17)16-6-5-10-22(13-16)19(24)15-7-8-18(21-12-15)25-14(2)3/h7-9,11-12,14,16H,4-6,10,13H2,1-3H3. The van der Waals surface area contributed by atoms with Crippen molar-refractivity contribution >= 4 is 5.91 Å². The zero-order chi connectivity index (χ0) is 17.8. The fraction of sp³-hybridized carbons (Fsp3) is 0.526. The summed E-state index contributed by atoms with van der Waals surface area (Å²) in [5.74, 6) is 1.66. The molecule has 2 aromatic rings. The van der Waals surface area contributed by atoms with Crippen molar-refractivity contribution in [3.05, 3.63) is 42.1 Å². The number of hydrogen-bond acceptors (Lipinski definition) is 4. The lowest BCUT2D eigenvalue weighted by atomic mass is 10.0. The monoisotopic (exact) mass is 342 g/mol. The van der Waals surface area contributed by atoms with Crippen LogP contribution in [0.15, 0.2) is 30.7 Å². The first-order chi connectivity index (χ1) is 12.1. The maximum Gasteiger partial charge on any atom is 0.255 e. The van der Waals surface area contributed by atoms with Gasteiger partial charge in [-0.05, 0) is 32.8 Å². The van der Waals surface area contributed by atoms with Crippen LogP contribution in [0.5, 0.6) is 5.88 Å². The highest BCUT2D eigenvalue weighted by Gasteiger charge is 2.26. The summed E-state index contributed by atoms with van der Waals surface area (Å²) >= 11 is 0. The predicted octanol–water partition coefficient (Wildman–Crippen LogP) is 3.11. The summed E-state index contributed by atoms with van der Waals surface area (Å²) in [6.07, 6.45) is 8.53. The zero-order valence-electron chi connectivity index (χ0n) is 15.2. The molecule has 6 heteroatoms. The molecule has 2 aromatic heterocycles. The topological polar surface area (TPSA) is 60.2 Å². The quantitative estimate of drug-likeness (QED) is 0.838. The number of ether oxygens (including phenoxy) is 1. The summed E-state index contributed by atoms with van der Waals surface area (Å²) in [6, 6.07) is 3.86. The minimum atomic E-state index is 0.0338. The Hall–Kier alpha value is -2.37. The lowest BCUT2D eigenvalue weighted by Crippen LogP contribution is -2.41. The van der Waals surface area contributed by atoms with Gasteiger partial charge in [0.15, 0.2) is 0 Å². The molecule has 0 spiro atoms. The van der Waals surface area contributed by atoms with Crippen LogP contribution in [-0.2, 0) is 6.42 Å². The van der Waals surface area contributed by atoms with Crippen molar-refractivity contribution < 1.29 is 9.53 Å². The van der Waals surface area contributed by atoms with Crippen molar-refractivity contribution in [2.24, 2.45) is 0 Å². The van der Waals surface area contributed by atoms with Crippen molar-refractivity contribution in [1.82, 2.24) is 19.4 Å². The Morgan fingerprint density at radius 3 is 2.88 bits per heavy atom. The third-order valence-electron chi connectivity index (χ3n) is 4.48. The smallest absolute Gasteiger partial charge is 0.255 e. The highest BCUT2D eigenvalue weighted by molar-refractivity contribution is 5.94. The van der Waals surface area contributed by atoms with Gasteiger partial charge in [-0.25, -0.2) is 9.97 Å². The molecule has 3 heterocycles. The van der Waals surface area contributed by atoms with E-state index in [0.717, 1.165) is 31.6 Å². The van der Waals surface area contributed by atoms with Crippen molar-refractivity contribution in [2.45, 2.75) is 52.2 Å². The van der Waals surface area contributed by atoms with Crippen LogP contribution in [0.2, 0.25) is 0 Å². The van der Waals surface area contributed by atoms with Crippen molar-refractivity contribution in [3.63, 3.8) is 0 Å². The Balaban J connectivity index is 1.69. The molecule has 0 radical (unpaired) electrons. The third kappa shape index (κ3) is 4.00. The Morgan fingerprint density at radius 1 is 1.36 bits per heavy atom. The molecule has 25 heavy (non-hydrogen) atoms. The van der Waals surface area contributed by atoms with E-state index in [0.29, 0.717) is 24.0 Å². The minimum Gasteiger partial charge on any atom is -0.475 e. The number of nitrogens with zero attached hydrogens (tertiary/aromatic N) is 4. The first-order valence-electron chi connectivity index (χ1n) is 9.02. The number of aromatic nitrogens is 3. The Labute approximate surface area is 148 Å². The average molecular weight is 342 g/mol. The highest BCUT2D eigenvalue weighted by atomic mass is 16.5. The highest BCUT2D eigenvalue weighted by Crippen LogP contribution is 2.24. The molecular formula is C19H26N4O2. The van der Waals surface area contributed by atoms with Gasteiger partial charge >= 0.3 is 0 Å². The minimum absolute atomic E-state index is 0.0338. The van der Waals surface area contributed by atoms with Crippen LogP contribution < -0.4 is 4.74 Å². The van der Waals surface area contributed by atoms with Crippen LogP contribution in [0.1, 0.15) is 55.8 Å². The number of amides is 1. The van der Waals surface area contributed by atoms with Gasteiger partial charge in [-0.2, -0.15) is 0 Å². The normalized spacial score (nSPS) is 17.8. The van der Waals surface area contributed by atoms with Gasteiger partial charge in [0.05, 0.1) is 17.7 Å². The Morgan fingerprint density at radius 2 is 2.20 bits per heavy atom. The largest absolute Gasteiger partial charge is 0.475 e. The van der Waals surface area contributed by atoms with Crippen LogP contribution in [0.4, 0.5) is 0 Å². The lowest BCUT2D eigenvalue weighted by Gasteiger charge is -2.34.